The van der Waals surface area contributed by atoms with Crippen LogP contribution in [-0.2, 0) is 14.3 Å². The van der Waals surface area contributed by atoms with Crippen LogP contribution in [0.1, 0.15) is 31.2 Å². The molecule has 1 aromatic rings. The molecule has 0 spiro atoms. The molecule has 3 unspecified atom stereocenters. The zero-order valence-electron chi connectivity index (χ0n) is 13.2. The molecule has 1 aromatic heterocycles. The van der Waals surface area contributed by atoms with E-state index >= 15 is 0 Å². The van der Waals surface area contributed by atoms with Crippen LogP contribution in [0.3, 0.4) is 0 Å². The number of amides is 2. The Morgan fingerprint density at radius 2 is 2.13 bits per heavy atom. The number of carbonyl (C=O) groups is 3. The largest absolute Gasteiger partial charge is 0.480 e. The lowest BCUT2D eigenvalue weighted by Gasteiger charge is -2.30. The van der Waals surface area contributed by atoms with E-state index in [1.54, 1.807) is 26.0 Å². The van der Waals surface area contributed by atoms with Gasteiger partial charge in [-0.3, -0.25) is 4.79 Å². The average molecular weight is 340 g/mol. The summed E-state index contributed by atoms with van der Waals surface area (Å²) < 4.78 is 4.81. The molecule has 0 saturated carbocycles. The van der Waals surface area contributed by atoms with E-state index in [0.717, 1.165) is 4.88 Å². The van der Waals surface area contributed by atoms with Crippen LogP contribution in [-0.4, -0.2) is 47.2 Å². The van der Waals surface area contributed by atoms with E-state index in [4.69, 9.17) is 4.74 Å². The van der Waals surface area contributed by atoms with Gasteiger partial charge in [-0.1, -0.05) is 6.07 Å². The summed E-state index contributed by atoms with van der Waals surface area (Å²) in [7, 11) is 1.26. The maximum Gasteiger partial charge on any atom is 0.326 e. The van der Waals surface area contributed by atoms with E-state index in [0.29, 0.717) is 0 Å². The molecule has 1 aliphatic rings. The molecular weight excluding hydrogens is 320 g/mol. The van der Waals surface area contributed by atoms with E-state index in [-0.39, 0.29) is 12.5 Å². The molecule has 0 bridgehead atoms. The minimum absolute atomic E-state index is 0.0378. The fourth-order valence-electron chi connectivity index (χ4n) is 2.85. The van der Waals surface area contributed by atoms with Crippen molar-refractivity contribution >= 4 is 29.3 Å². The molecule has 2 amide bonds. The number of nitrogens with one attached hydrogen (secondary N) is 1. The molecule has 8 heteroatoms. The highest BCUT2D eigenvalue weighted by Gasteiger charge is 2.51. The summed E-state index contributed by atoms with van der Waals surface area (Å²) in [6, 6.07) is 1.27. The third kappa shape index (κ3) is 3.47. The molecule has 2 heterocycles. The smallest absolute Gasteiger partial charge is 0.326 e. The summed E-state index contributed by atoms with van der Waals surface area (Å²) in [6.45, 7) is 3.59. The quantitative estimate of drug-likeness (QED) is 0.816. The first-order chi connectivity index (χ1) is 10.9. The van der Waals surface area contributed by atoms with Crippen molar-refractivity contribution in [2.45, 2.75) is 38.4 Å². The third-order valence-electron chi connectivity index (χ3n) is 3.76. The van der Waals surface area contributed by atoms with Crippen LogP contribution in [0.25, 0.3) is 0 Å². The predicted octanol–water partition coefficient (Wildman–Crippen LogP) is 1.86. The van der Waals surface area contributed by atoms with Crippen LogP contribution in [0, 0.1) is 5.92 Å². The minimum Gasteiger partial charge on any atom is -0.480 e. The molecule has 126 valence electrons. The molecule has 0 radical (unpaired) electrons. The van der Waals surface area contributed by atoms with Crippen molar-refractivity contribution in [3.63, 3.8) is 0 Å². The van der Waals surface area contributed by atoms with Crippen LogP contribution in [0.15, 0.2) is 17.5 Å². The number of ether oxygens (including phenoxy) is 1. The lowest BCUT2D eigenvalue weighted by molar-refractivity contribution is -0.146. The Hall–Kier alpha value is -2.09. The lowest BCUT2D eigenvalue weighted by atomic mass is 9.98. The first-order valence-corrected chi connectivity index (χ1v) is 8.17. The second-order valence-corrected chi connectivity index (χ2v) is 6.67. The van der Waals surface area contributed by atoms with Crippen LogP contribution in [0.5, 0.6) is 0 Å². The highest BCUT2D eigenvalue weighted by molar-refractivity contribution is 7.10. The third-order valence-corrected chi connectivity index (χ3v) is 4.71. The number of methoxy groups -OCH3 is 1. The molecule has 23 heavy (non-hydrogen) atoms. The van der Waals surface area contributed by atoms with Gasteiger partial charge in [0.2, 0.25) is 0 Å². The SMILES string of the molecule is COC(=O)C1CC(C(=O)O)N(C(=O)NC(C)C)C1c1cccs1. The molecule has 0 aliphatic carbocycles. The summed E-state index contributed by atoms with van der Waals surface area (Å²) in [5, 5.41) is 14.0. The van der Waals surface area contributed by atoms with Gasteiger partial charge in [0.25, 0.3) is 0 Å². The van der Waals surface area contributed by atoms with E-state index < -0.39 is 36.0 Å². The van der Waals surface area contributed by atoms with E-state index in [9.17, 15) is 19.5 Å². The van der Waals surface area contributed by atoms with Gasteiger partial charge in [-0.25, -0.2) is 9.59 Å². The number of aliphatic carboxylic acids is 1. The molecule has 1 aliphatic heterocycles. The molecule has 3 atom stereocenters. The lowest BCUT2D eigenvalue weighted by Crippen LogP contribution is -2.49. The van der Waals surface area contributed by atoms with Crippen molar-refractivity contribution in [2.24, 2.45) is 5.92 Å². The highest BCUT2D eigenvalue weighted by atomic mass is 32.1. The second-order valence-electron chi connectivity index (χ2n) is 5.69. The number of carboxylic acid groups (broad SMARTS) is 1. The van der Waals surface area contributed by atoms with Crippen LogP contribution in [0.4, 0.5) is 4.79 Å². The Kier molecular flexibility index (Phi) is 5.25. The normalized spacial score (nSPS) is 23.8. The number of carbonyl (C=O) groups excluding carboxylic acids is 2. The van der Waals surface area contributed by atoms with Crippen molar-refractivity contribution in [2.75, 3.05) is 7.11 Å². The number of hydrogen-bond acceptors (Lipinski definition) is 5. The highest BCUT2D eigenvalue weighted by Crippen LogP contribution is 2.43. The first-order valence-electron chi connectivity index (χ1n) is 7.29. The zero-order chi connectivity index (χ0) is 17.1. The average Bonchev–Trinajstić information content (AvgIpc) is 3.12. The minimum atomic E-state index is -1.13. The van der Waals surface area contributed by atoms with Gasteiger partial charge in [0.05, 0.1) is 19.1 Å². The molecule has 2 N–H and O–H groups in total. The maximum absolute atomic E-state index is 12.5. The van der Waals surface area contributed by atoms with Gasteiger partial charge in [-0.05, 0) is 31.7 Å². The van der Waals surface area contributed by atoms with E-state index in [1.165, 1.54) is 23.3 Å². The Morgan fingerprint density at radius 3 is 2.61 bits per heavy atom. The van der Waals surface area contributed by atoms with Gasteiger partial charge in [0.1, 0.15) is 6.04 Å². The molecular formula is C15H20N2O5S. The molecule has 1 saturated heterocycles. The Morgan fingerprint density at radius 1 is 1.43 bits per heavy atom. The number of esters is 1. The fourth-order valence-corrected chi connectivity index (χ4v) is 3.74. The number of thiophene rings is 1. The van der Waals surface area contributed by atoms with E-state index in [1.807, 2.05) is 5.38 Å². The Balaban J connectivity index is 2.44. The molecule has 7 nitrogen and oxygen atoms in total. The van der Waals surface area contributed by atoms with Crippen molar-refractivity contribution < 1.29 is 24.2 Å². The summed E-state index contributed by atoms with van der Waals surface area (Å²) in [6.07, 6.45) is 0.0378. The summed E-state index contributed by atoms with van der Waals surface area (Å²) >= 11 is 1.38. The first kappa shape index (κ1) is 17.3. The number of nitrogens with zero attached hydrogens (tertiary/aromatic N) is 1. The van der Waals surface area contributed by atoms with Gasteiger partial charge >= 0.3 is 18.0 Å². The second kappa shape index (κ2) is 6.99. The van der Waals surface area contributed by atoms with Crippen LogP contribution >= 0.6 is 11.3 Å². The predicted molar refractivity (Wildman–Crippen MR) is 84.1 cm³/mol. The van der Waals surface area contributed by atoms with Gasteiger partial charge in [0.15, 0.2) is 0 Å². The fraction of sp³-hybridized carbons (Fsp3) is 0.533. The maximum atomic E-state index is 12.5. The van der Waals surface area contributed by atoms with Crippen molar-refractivity contribution in [1.29, 1.82) is 0 Å². The van der Waals surface area contributed by atoms with Gasteiger partial charge in [0, 0.05) is 10.9 Å². The number of likely N-dealkylation sites (tertiary alicyclic amines) is 1. The topological polar surface area (TPSA) is 95.9 Å². The zero-order valence-corrected chi connectivity index (χ0v) is 14.0. The van der Waals surface area contributed by atoms with Crippen molar-refractivity contribution in [3.8, 4) is 0 Å². The number of urea groups is 1. The summed E-state index contributed by atoms with van der Waals surface area (Å²) in [5.41, 5.74) is 0. The number of hydrogen-bond donors (Lipinski definition) is 2. The monoisotopic (exact) mass is 340 g/mol. The van der Waals surface area contributed by atoms with Crippen molar-refractivity contribution in [3.05, 3.63) is 22.4 Å². The number of rotatable bonds is 4. The summed E-state index contributed by atoms with van der Waals surface area (Å²) in [4.78, 5) is 38.3. The standard InChI is InChI=1S/C15H20N2O5S/c1-8(2)16-15(21)17-10(13(18)19)7-9(14(20)22-3)12(17)11-5-4-6-23-11/h4-6,8-10,12H,7H2,1-3H3,(H,16,21)(H,18,19). The Labute approximate surface area is 138 Å². The van der Waals surface area contributed by atoms with Gasteiger partial charge in [-0.15, -0.1) is 11.3 Å². The van der Waals surface area contributed by atoms with Crippen LogP contribution in [0.2, 0.25) is 0 Å². The van der Waals surface area contributed by atoms with E-state index in [2.05, 4.69) is 5.32 Å². The van der Waals surface area contributed by atoms with Gasteiger partial charge in [-0.2, -0.15) is 0 Å². The molecule has 0 aromatic carbocycles. The summed E-state index contributed by atoms with van der Waals surface area (Å²) in [5.74, 6) is -2.33. The molecule has 1 fully saturated rings. The Bertz CT molecular complexity index is 587. The van der Waals surface area contributed by atoms with Crippen LogP contribution < -0.4 is 5.32 Å². The van der Waals surface area contributed by atoms with Gasteiger partial charge < -0.3 is 20.1 Å². The van der Waals surface area contributed by atoms with Crippen molar-refractivity contribution in [1.82, 2.24) is 10.2 Å². The molecule has 2 rings (SSSR count). The number of carboxylic acids is 1.